The van der Waals surface area contributed by atoms with Crippen molar-refractivity contribution in [2.45, 2.75) is 19.8 Å². The third kappa shape index (κ3) is 3.40. The van der Waals surface area contributed by atoms with Crippen molar-refractivity contribution in [3.05, 3.63) is 33.7 Å². The van der Waals surface area contributed by atoms with E-state index in [0.29, 0.717) is 0 Å². The minimum atomic E-state index is -0.446. The molecule has 0 aliphatic carbocycles. The number of ether oxygens (including phenoxy) is 1. The second-order valence-corrected chi connectivity index (χ2v) is 4.10. The summed E-state index contributed by atoms with van der Waals surface area (Å²) in [6.45, 7) is 1.86. The fourth-order valence-corrected chi connectivity index (χ4v) is 1.89. The Morgan fingerprint density at radius 1 is 1.60 bits per heavy atom. The van der Waals surface area contributed by atoms with Crippen molar-refractivity contribution >= 4 is 17.3 Å². The molecule has 1 rings (SSSR count). The van der Waals surface area contributed by atoms with Crippen LogP contribution >= 0.6 is 11.3 Å². The summed E-state index contributed by atoms with van der Waals surface area (Å²) in [6.07, 6.45) is 1.70. The smallest absolute Gasteiger partial charge is 0.353 e. The van der Waals surface area contributed by atoms with Gasteiger partial charge in [-0.3, -0.25) is 0 Å². The highest BCUT2D eigenvalue weighted by molar-refractivity contribution is 7.07. The summed E-state index contributed by atoms with van der Waals surface area (Å²) in [7, 11) is 1.33. The molecular weight excluding hydrogens is 210 g/mol. The first kappa shape index (κ1) is 11.8. The van der Waals surface area contributed by atoms with Crippen LogP contribution in [0.5, 0.6) is 0 Å². The molecule has 0 aliphatic heterocycles. The van der Waals surface area contributed by atoms with Gasteiger partial charge >= 0.3 is 5.97 Å². The fourth-order valence-electron chi connectivity index (χ4n) is 1.19. The lowest BCUT2D eigenvalue weighted by Gasteiger charge is -2.04. The molecule has 1 aromatic heterocycles. The molecule has 82 valence electrons. The molecule has 1 heterocycles. The predicted octanol–water partition coefficient (Wildman–Crippen LogP) is 2.09. The molecule has 1 aromatic rings. The van der Waals surface area contributed by atoms with Gasteiger partial charge in [0.25, 0.3) is 0 Å². The van der Waals surface area contributed by atoms with Crippen molar-refractivity contribution in [2.75, 3.05) is 7.11 Å². The molecule has 0 atom stereocenters. The number of carbonyl (C=O) groups is 1. The van der Waals surface area contributed by atoms with Crippen molar-refractivity contribution in [1.29, 1.82) is 0 Å². The molecule has 2 N–H and O–H groups in total. The van der Waals surface area contributed by atoms with Gasteiger partial charge in [0.05, 0.1) is 7.11 Å². The van der Waals surface area contributed by atoms with E-state index >= 15 is 0 Å². The topological polar surface area (TPSA) is 52.3 Å². The standard InChI is InChI=1S/C11H15NO2S/c1-8(10(12)11(13)14-2)3-4-9-5-6-15-7-9/h5-7H,3-4,12H2,1-2H3. The highest BCUT2D eigenvalue weighted by Crippen LogP contribution is 2.13. The number of hydrogen-bond acceptors (Lipinski definition) is 4. The minimum Gasteiger partial charge on any atom is -0.464 e. The maximum Gasteiger partial charge on any atom is 0.353 e. The van der Waals surface area contributed by atoms with Gasteiger partial charge in [0.1, 0.15) is 5.70 Å². The van der Waals surface area contributed by atoms with Gasteiger partial charge in [-0.15, -0.1) is 0 Å². The Kier molecular flexibility index (Phi) is 4.37. The molecule has 0 saturated carbocycles. The third-order valence-electron chi connectivity index (χ3n) is 2.23. The Balaban J connectivity index is 2.54. The molecular formula is C11H15NO2S. The van der Waals surface area contributed by atoms with Crippen LogP contribution in [0.4, 0.5) is 0 Å². The van der Waals surface area contributed by atoms with Gasteiger partial charge in [-0.25, -0.2) is 4.79 Å². The van der Waals surface area contributed by atoms with E-state index in [-0.39, 0.29) is 5.70 Å². The maximum atomic E-state index is 11.1. The number of aryl methyl sites for hydroxylation is 1. The Bertz CT molecular complexity index is 355. The van der Waals surface area contributed by atoms with Crippen molar-refractivity contribution in [2.24, 2.45) is 5.73 Å². The van der Waals surface area contributed by atoms with Gasteiger partial charge in [0.2, 0.25) is 0 Å². The lowest BCUT2D eigenvalue weighted by atomic mass is 10.1. The summed E-state index contributed by atoms with van der Waals surface area (Å²) in [5.41, 5.74) is 8.01. The van der Waals surface area contributed by atoms with E-state index < -0.39 is 5.97 Å². The van der Waals surface area contributed by atoms with Crippen LogP contribution in [-0.4, -0.2) is 13.1 Å². The molecule has 0 saturated heterocycles. The molecule has 0 aliphatic rings. The van der Waals surface area contributed by atoms with Gasteiger partial charge in [-0.2, -0.15) is 11.3 Å². The first-order chi connectivity index (χ1) is 7.15. The minimum absolute atomic E-state index is 0.229. The van der Waals surface area contributed by atoms with Gasteiger partial charge < -0.3 is 10.5 Å². The van der Waals surface area contributed by atoms with Crippen LogP contribution in [-0.2, 0) is 16.0 Å². The normalized spacial score (nSPS) is 12.1. The SMILES string of the molecule is COC(=O)C(N)=C(C)CCc1ccsc1. The number of carbonyl (C=O) groups excluding carboxylic acids is 1. The quantitative estimate of drug-likeness (QED) is 0.630. The molecule has 0 unspecified atom stereocenters. The van der Waals surface area contributed by atoms with Crippen LogP contribution in [0.2, 0.25) is 0 Å². The molecule has 0 bridgehead atoms. The Morgan fingerprint density at radius 3 is 2.87 bits per heavy atom. The molecule has 4 heteroatoms. The summed E-state index contributed by atoms with van der Waals surface area (Å²) in [5, 5.41) is 4.14. The van der Waals surface area contributed by atoms with Gasteiger partial charge in [-0.05, 0) is 47.7 Å². The van der Waals surface area contributed by atoms with Gasteiger partial charge in [0, 0.05) is 0 Å². The zero-order valence-electron chi connectivity index (χ0n) is 8.95. The van der Waals surface area contributed by atoms with Crippen LogP contribution in [0.3, 0.4) is 0 Å². The highest BCUT2D eigenvalue weighted by atomic mass is 32.1. The van der Waals surface area contributed by atoms with Crippen LogP contribution in [0.15, 0.2) is 28.1 Å². The lowest BCUT2D eigenvalue weighted by molar-refractivity contribution is -0.136. The summed E-state index contributed by atoms with van der Waals surface area (Å²) < 4.78 is 4.55. The number of thiophene rings is 1. The molecule has 0 fully saturated rings. The number of methoxy groups -OCH3 is 1. The Morgan fingerprint density at radius 2 is 2.33 bits per heavy atom. The van der Waals surface area contributed by atoms with Crippen molar-refractivity contribution in [3.8, 4) is 0 Å². The lowest BCUT2D eigenvalue weighted by Crippen LogP contribution is -2.15. The predicted molar refractivity (Wildman–Crippen MR) is 61.5 cm³/mol. The molecule has 15 heavy (non-hydrogen) atoms. The van der Waals surface area contributed by atoms with E-state index in [4.69, 9.17) is 5.73 Å². The highest BCUT2D eigenvalue weighted by Gasteiger charge is 2.08. The fraction of sp³-hybridized carbons (Fsp3) is 0.364. The van der Waals surface area contributed by atoms with E-state index in [0.717, 1.165) is 18.4 Å². The van der Waals surface area contributed by atoms with E-state index in [1.54, 1.807) is 11.3 Å². The number of rotatable bonds is 4. The van der Waals surface area contributed by atoms with Crippen LogP contribution in [0, 0.1) is 0 Å². The molecule has 0 aromatic carbocycles. The third-order valence-corrected chi connectivity index (χ3v) is 2.97. The van der Waals surface area contributed by atoms with Crippen LogP contribution in [0.1, 0.15) is 18.9 Å². The van der Waals surface area contributed by atoms with Crippen molar-refractivity contribution < 1.29 is 9.53 Å². The van der Waals surface area contributed by atoms with Crippen LogP contribution < -0.4 is 5.73 Å². The summed E-state index contributed by atoms with van der Waals surface area (Å²) >= 11 is 1.67. The number of allylic oxidation sites excluding steroid dienone is 1. The Labute approximate surface area is 93.6 Å². The van der Waals surface area contributed by atoms with Gasteiger partial charge in [0.15, 0.2) is 0 Å². The number of hydrogen-bond donors (Lipinski definition) is 1. The zero-order valence-corrected chi connectivity index (χ0v) is 9.76. The van der Waals surface area contributed by atoms with E-state index in [2.05, 4.69) is 16.2 Å². The van der Waals surface area contributed by atoms with E-state index in [9.17, 15) is 4.79 Å². The first-order valence-corrected chi connectivity index (χ1v) is 5.64. The zero-order chi connectivity index (χ0) is 11.3. The van der Waals surface area contributed by atoms with Crippen molar-refractivity contribution in [3.63, 3.8) is 0 Å². The second kappa shape index (κ2) is 5.56. The maximum absolute atomic E-state index is 11.1. The van der Waals surface area contributed by atoms with E-state index in [1.165, 1.54) is 12.7 Å². The molecule has 3 nitrogen and oxygen atoms in total. The van der Waals surface area contributed by atoms with Crippen molar-refractivity contribution in [1.82, 2.24) is 0 Å². The largest absolute Gasteiger partial charge is 0.464 e. The average Bonchev–Trinajstić information content (AvgIpc) is 2.76. The van der Waals surface area contributed by atoms with Gasteiger partial charge in [-0.1, -0.05) is 0 Å². The number of nitrogens with two attached hydrogens (primary N) is 1. The average molecular weight is 225 g/mol. The van der Waals surface area contributed by atoms with E-state index in [1.807, 2.05) is 12.3 Å². The molecule has 0 amide bonds. The monoisotopic (exact) mass is 225 g/mol. The second-order valence-electron chi connectivity index (χ2n) is 3.32. The summed E-state index contributed by atoms with van der Waals surface area (Å²) in [5.74, 6) is -0.446. The summed E-state index contributed by atoms with van der Waals surface area (Å²) in [6, 6.07) is 2.08. The number of esters is 1. The molecule has 0 radical (unpaired) electrons. The summed E-state index contributed by atoms with van der Waals surface area (Å²) in [4.78, 5) is 11.1. The van der Waals surface area contributed by atoms with Crippen LogP contribution in [0.25, 0.3) is 0 Å². The first-order valence-electron chi connectivity index (χ1n) is 4.69. The molecule has 0 spiro atoms. The Hall–Kier alpha value is -1.29.